The van der Waals surface area contributed by atoms with Gasteiger partial charge in [0, 0.05) is 4.83 Å². The van der Waals surface area contributed by atoms with E-state index in [-0.39, 0.29) is 0 Å². The van der Waals surface area contributed by atoms with E-state index in [4.69, 9.17) is 0 Å². The van der Waals surface area contributed by atoms with Gasteiger partial charge in [-0.3, -0.25) is 0 Å². The molecule has 0 aromatic rings. The molecule has 0 amide bonds. The highest BCUT2D eigenvalue weighted by Gasteiger charge is 2.29. The molecule has 0 aromatic heterocycles. The third-order valence-corrected chi connectivity index (χ3v) is 5.37. The number of hydrogen-bond donors (Lipinski definition) is 0. The van der Waals surface area contributed by atoms with E-state index in [0.29, 0.717) is 0 Å². The maximum atomic E-state index is 3.94. The molecule has 0 saturated heterocycles. The molecular weight excluding hydrogens is 236 g/mol. The quantitative estimate of drug-likeness (QED) is 0.463. The third kappa shape index (κ3) is 2.74. The molecule has 2 atom stereocenters. The Morgan fingerprint density at radius 1 is 0.643 bits per heavy atom. The molecule has 0 aromatic carbocycles. The van der Waals surface area contributed by atoms with Gasteiger partial charge < -0.3 is 0 Å². The molecule has 2 aliphatic carbocycles. The lowest BCUT2D eigenvalue weighted by atomic mass is 9.77. The Kier molecular flexibility index (Phi) is 4.34. The zero-order valence-electron chi connectivity index (χ0n) is 9.18. The second kappa shape index (κ2) is 5.53. The van der Waals surface area contributed by atoms with Crippen LogP contribution in [0.3, 0.4) is 0 Å². The highest BCUT2D eigenvalue weighted by Crippen LogP contribution is 2.40. The summed E-state index contributed by atoms with van der Waals surface area (Å²) < 4.78 is 0. The van der Waals surface area contributed by atoms with Gasteiger partial charge >= 0.3 is 0 Å². The van der Waals surface area contributed by atoms with Crippen molar-refractivity contribution in [2.45, 2.75) is 69.0 Å². The molecule has 0 N–H and O–H groups in total. The topological polar surface area (TPSA) is 0 Å². The van der Waals surface area contributed by atoms with Gasteiger partial charge in [-0.25, -0.2) is 0 Å². The largest absolute Gasteiger partial charge is 0.0888 e. The monoisotopic (exact) mass is 258 g/mol. The maximum Gasteiger partial charge on any atom is 0.0176 e. The van der Waals surface area contributed by atoms with Crippen molar-refractivity contribution in [2.75, 3.05) is 0 Å². The second-order valence-electron chi connectivity index (χ2n) is 5.22. The molecule has 2 rings (SSSR count). The molecule has 0 heterocycles. The van der Waals surface area contributed by atoms with Crippen molar-refractivity contribution in [1.82, 2.24) is 0 Å². The first-order valence-electron chi connectivity index (χ1n) is 6.52. The van der Waals surface area contributed by atoms with E-state index in [0.717, 1.165) is 16.7 Å². The van der Waals surface area contributed by atoms with E-state index in [1.165, 1.54) is 64.2 Å². The lowest BCUT2D eigenvalue weighted by molar-refractivity contribution is 0.234. The van der Waals surface area contributed by atoms with Gasteiger partial charge in [-0.2, -0.15) is 0 Å². The fraction of sp³-hybridized carbons (Fsp3) is 1.00. The molecule has 0 radical (unpaired) electrons. The summed E-state index contributed by atoms with van der Waals surface area (Å²) in [6.45, 7) is 0. The molecule has 2 fully saturated rings. The van der Waals surface area contributed by atoms with Crippen LogP contribution in [0.4, 0.5) is 0 Å². The summed E-state index contributed by atoms with van der Waals surface area (Å²) in [5.74, 6) is 2.07. The highest BCUT2D eigenvalue weighted by molar-refractivity contribution is 9.09. The van der Waals surface area contributed by atoms with Crippen LogP contribution < -0.4 is 0 Å². The fourth-order valence-corrected chi connectivity index (χ4v) is 4.40. The number of rotatable bonds is 1. The van der Waals surface area contributed by atoms with E-state index in [9.17, 15) is 0 Å². The predicted octanol–water partition coefficient (Wildman–Crippen LogP) is 4.91. The lowest BCUT2D eigenvalue weighted by Gasteiger charge is -2.32. The SMILES string of the molecule is BrC1CCCCCC1C1CCCCC1. The Balaban J connectivity index is 1.91. The van der Waals surface area contributed by atoms with Crippen LogP contribution in [0.5, 0.6) is 0 Å². The number of hydrogen-bond acceptors (Lipinski definition) is 0. The molecule has 2 saturated carbocycles. The minimum absolute atomic E-state index is 0.841. The zero-order chi connectivity index (χ0) is 9.80. The summed E-state index contributed by atoms with van der Waals surface area (Å²) in [6.07, 6.45) is 14.9. The average molecular weight is 259 g/mol. The Bertz CT molecular complexity index is 161. The molecule has 2 aliphatic rings. The molecule has 0 nitrogen and oxygen atoms in total. The first-order valence-corrected chi connectivity index (χ1v) is 7.43. The Hall–Kier alpha value is 0.480. The van der Waals surface area contributed by atoms with E-state index >= 15 is 0 Å². The molecular formula is C13H23Br. The summed E-state index contributed by atoms with van der Waals surface area (Å²) in [7, 11) is 0. The van der Waals surface area contributed by atoms with E-state index in [1.54, 1.807) is 0 Å². The second-order valence-corrected chi connectivity index (χ2v) is 6.39. The van der Waals surface area contributed by atoms with Crippen LogP contribution in [0.25, 0.3) is 0 Å². The van der Waals surface area contributed by atoms with Crippen molar-refractivity contribution < 1.29 is 0 Å². The molecule has 82 valence electrons. The van der Waals surface area contributed by atoms with Gasteiger partial charge in [0.05, 0.1) is 0 Å². The van der Waals surface area contributed by atoms with Crippen molar-refractivity contribution in [3.8, 4) is 0 Å². The third-order valence-electron chi connectivity index (χ3n) is 4.24. The molecule has 1 heteroatoms. The lowest BCUT2D eigenvalue weighted by Crippen LogP contribution is -2.24. The van der Waals surface area contributed by atoms with Gasteiger partial charge in [0.15, 0.2) is 0 Å². The van der Waals surface area contributed by atoms with Gasteiger partial charge in [0.1, 0.15) is 0 Å². The van der Waals surface area contributed by atoms with Gasteiger partial charge in [0.25, 0.3) is 0 Å². The average Bonchev–Trinajstić information content (AvgIpc) is 2.44. The van der Waals surface area contributed by atoms with E-state index in [2.05, 4.69) is 15.9 Å². The summed E-state index contributed by atoms with van der Waals surface area (Å²) in [5.41, 5.74) is 0. The van der Waals surface area contributed by atoms with Gasteiger partial charge in [-0.1, -0.05) is 67.3 Å². The molecule has 0 aliphatic heterocycles. The van der Waals surface area contributed by atoms with E-state index in [1.807, 2.05) is 0 Å². The molecule has 0 bridgehead atoms. The van der Waals surface area contributed by atoms with Gasteiger partial charge in [-0.15, -0.1) is 0 Å². The maximum absolute atomic E-state index is 3.94. The smallest absolute Gasteiger partial charge is 0.0176 e. The molecule has 0 spiro atoms. The summed E-state index contributed by atoms with van der Waals surface area (Å²) in [5, 5.41) is 0. The Morgan fingerprint density at radius 2 is 1.21 bits per heavy atom. The molecule has 14 heavy (non-hydrogen) atoms. The zero-order valence-corrected chi connectivity index (χ0v) is 10.8. The Labute approximate surface area is 97.0 Å². The van der Waals surface area contributed by atoms with Crippen molar-refractivity contribution in [3.05, 3.63) is 0 Å². The minimum atomic E-state index is 0.841. The first-order chi connectivity index (χ1) is 6.88. The summed E-state index contributed by atoms with van der Waals surface area (Å²) in [6, 6.07) is 0. The minimum Gasteiger partial charge on any atom is -0.0888 e. The standard InChI is InChI=1S/C13H23Br/c14-13-10-6-2-5-9-12(13)11-7-3-1-4-8-11/h11-13H,1-10H2. The van der Waals surface area contributed by atoms with Crippen molar-refractivity contribution in [3.63, 3.8) is 0 Å². The van der Waals surface area contributed by atoms with Crippen LogP contribution >= 0.6 is 15.9 Å². The van der Waals surface area contributed by atoms with Crippen LogP contribution in [0.2, 0.25) is 0 Å². The van der Waals surface area contributed by atoms with Crippen molar-refractivity contribution in [1.29, 1.82) is 0 Å². The van der Waals surface area contributed by atoms with Crippen LogP contribution in [-0.2, 0) is 0 Å². The van der Waals surface area contributed by atoms with E-state index < -0.39 is 0 Å². The van der Waals surface area contributed by atoms with Crippen LogP contribution in [0.15, 0.2) is 0 Å². The number of alkyl halides is 1. The van der Waals surface area contributed by atoms with Crippen LogP contribution in [-0.4, -0.2) is 4.83 Å². The van der Waals surface area contributed by atoms with Gasteiger partial charge in [-0.05, 0) is 24.7 Å². The summed E-state index contributed by atoms with van der Waals surface area (Å²) >= 11 is 3.94. The predicted molar refractivity (Wildman–Crippen MR) is 65.9 cm³/mol. The highest BCUT2D eigenvalue weighted by atomic mass is 79.9. The summed E-state index contributed by atoms with van der Waals surface area (Å²) in [4.78, 5) is 0.841. The fourth-order valence-electron chi connectivity index (χ4n) is 3.38. The van der Waals surface area contributed by atoms with Crippen LogP contribution in [0, 0.1) is 11.8 Å². The van der Waals surface area contributed by atoms with Gasteiger partial charge in [0.2, 0.25) is 0 Å². The van der Waals surface area contributed by atoms with Crippen LogP contribution in [0.1, 0.15) is 64.2 Å². The van der Waals surface area contributed by atoms with Crippen molar-refractivity contribution >= 4 is 15.9 Å². The normalized spacial score (nSPS) is 36.6. The van der Waals surface area contributed by atoms with Crippen molar-refractivity contribution in [2.24, 2.45) is 11.8 Å². The first kappa shape index (κ1) is 11.0. The Morgan fingerprint density at radius 3 is 1.93 bits per heavy atom. The molecule has 2 unspecified atom stereocenters. The number of halogens is 1.